The standard InChI is InChI=1S/C15H24N2O3/c1-10(2)13(18)7-14(19)16-8-12-5-6-15(17-9-12)20-11(3)4/h5-6,9-11,13,18H,7-8H2,1-4H3,(H,16,19). The summed E-state index contributed by atoms with van der Waals surface area (Å²) in [4.78, 5) is 15.8. The summed E-state index contributed by atoms with van der Waals surface area (Å²) < 4.78 is 5.44. The van der Waals surface area contributed by atoms with E-state index in [0.717, 1.165) is 5.56 Å². The SMILES string of the molecule is CC(C)Oc1ccc(CNC(=O)CC(O)C(C)C)cn1. The molecule has 0 saturated heterocycles. The van der Waals surface area contributed by atoms with Gasteiger partial charge in [-0.05, 0) is 25.3 Å². The molecule has 0 aliphatic heterocycles. The maximum Gasteiger partial charge on any atom is 0.222 e. The van der Waals surface area contributed by atoms with E-state index in [4.69, 9.17) is 4.74 Å². The molecule has 5 heteroatoms. The molecule has 1 heterocycles. The predicted octanol–water partition coefficient (Wildman–Crippen LogP) is 1.89. The molecule has 2 N–H and O–H groups in total. The van der Waals surface area contributed by atoms with Crippen LogP contribution in [0.25, 0.3) is 0 Å². The Balaban J connectivity index is 2.40. The summed E-state index contributed by atoms with van der Waals surface area (Å²) >= 11 is 0. The van der Waals surface area contributed by atoms with Crippen molar-refractivity contribution in [2.45, 2.75) is 52.9 Å². The number of aliphatic hydroxyl groups is 1. The molecule has 0 aliphatic rings. The van der Waals surface area contributed by atoms with Crippen LogP contribution in [-0.4, -0.2) is 28.2 Å². The van der Waals surface area contributed by atoms with Gasteiger partial charge in [-0.2, -0.15) is 0 Å². The number of amides is 1. The molecule has 0 saturated carbocycles. The summed E-state index contributed by atoms with van der Waals surface area (Å²) in [5.74, 6) is 0.494. The fourth-order valence-electron chi connectivity index (χ4n) is 1.53. The second kappa shape index (κ2) is 7.85. The van der Waals surface area contributed by atoms with E-state index in [0.29, 0.717) is 12.4 Å². The van der Waals surface area contributed by atoms with Crippen molar-refractivity contribution in [3.05, 3.63) is 23.9 Å². The monoisotopic (exact) mass is 280 g/mol. The number of aromatic nitrogens is 1. The zero-order chi connectivity index (χ0) is 15.1. The summed E-state index contributed by atoms with van der Waals surface area (Å²) in [6.07, 6.45) is 1.29. The second-order valence-electron chi connectivity index (χ2n) is 5.46. The molecule has 0 spiro atoms. The van der Waals surface area contributed by atoms with Crippen LogP contribution in [0.1, 0.15) is 39.7 Å². The number of nitrogens with one attached hydrogen (secondary N) is 1. The number of aliphatic hydroxyl groups excluding tert-OH is 1. The summed E-state index contributed by atoms with van der Waals surface area (Å²) in [5, 5.41) is 12.4. The third-order valence-corrected chi connectivity index (χ3v) is 2.81. The van der Waals surface area contributed by atoms with Gasteiger partial charge < -0.3 is 15.2 Å². The van der Waals surface area contributed by atoms with Gasteiger partial charge in [0.05, 0.1) is 18.6 Å². The summed E-state index contributed by atoms with van der Waals surface area (Å²) in [5.41, 5.74) is 0.897. The Kier molecular flexibility index (Phi) is 6.45. The quantitative estimate of drug-likeness (QED) is 0.800. The lowest BCUT2D eigenvalue weighted by atomic mass is 10.0. The van der Waals surface area contributed by atoms with Gasteiger partial charge >= 0.3 is 0 Å². The Labute approximate surface area is 120 Å². The molecule has 0 bridgehead atoms. The van der Waals surface area contributed by atoms with E-state index in [1.54, 1.807) is 12.3 Å². The second-order valence-corrected chi connectivity index (χ2v) is 5.46. The molecule has 112 valence electrons. The van der Waals surface area contributed by atoms with Crippen molar-refractivity contribution in [2.75, 3.05) is 0 Å². The van der Waals surface area contributed by atoms with Crippen molar-refractivity contribution < 1.29 is 14.6 Å². The number of carbonyl (C=O) groups excluding carboxylic acids is 1. The van der Waals surface area contributed by atoms with Crippen molar-refractivity contribution in [1.82, 2.24) is 10.3 Å². The Bertz CT molecular complexity index is 416. The van der Waals surface area contributed by atoms with E-state index in [1.165, 1.54) is 0 Å². The number of rotatable bonds is 7. The summed E-state index contributed by atoms with van der Waals surface area (Å²) in [6, 6.07) is 3.65. The van der Waals surface area contributed by atoms with Gasteiger partial charge in [-0.25, -0.2) is 4.98 Å². The van der Waals surface area contributed by atoms with E-state index < -0.39 is 6.10 Å². The van der Waals surface area contributed by atoms with Gasteiger partial charge in [0.2, 0.25) is 11.8 Å². The number of nitrogens with zero attached hydrogens (tertiary/aromatic N) is 1. The summed E-state index contributed by atoms with van der Waals surface area (Å²) in [7, 11) is 0. The number of hydrogen-bond donors (Lipinski definition) is 2. The molecule has 0 aromatic carbocycles. The first-order chi connectivity index (χ1) is 9.38. The molecule has 1 amide bonds. The zero-order valence-corrected chi connectivity index (χ0v) is 12.6. The summed E-state index contributed by atoms with van der Waals surface area (Å²) in [6.45, 7) is 8.05. The highest BCUT2D eigenvalue weighted by atomic mass is 16.5. The van der Waals surface area contributed by atoms with Gasteiger partial charge in [0.15, 0.2) is 0 Å². The molecule has 0 aliphatic carbocycles. The van der Waals surface area contributed by atoms with Gasteiger partial charge in [-0.3, -0.25) is 4.79 Å². The molecule has 1 atom stereocenters. The van der Waals surface area contributed by atoms with E-state index in [1.807, 2.05) is 33.8 Å². The van der Waals surface area contributed by atoms with Crippen molar-refractivity contribution in [3.63, 3.8) is 0 Å². The Morgan fingerprint density at radius 1 is 1.35 bits per heavy atom. The number of carbonyl (C=O) groups is 1. The first-order valence-corrected chi connectivity index (χ1v) is 6.94. The van der Waals surface area contributed by atoms with E-state index >= 15 is 0 Å². The predicted molar refractivity (Wildman–Crippen MR) is 77.3 cm³/mol. The van der Waals surface area contributed by atoms with Crippen LogP contribution in [0, 0.1) is 5.92 Å². The molecule has 1 rings (SSSR count). The normalized spacial score (nSPS) is 12.6. The van der Waals surface area contributed by atoms with Crippen molar-refractivity contribution >= 4 is 5.91 Å². The zero-order valence-electron chi connectivity index (χ0n) is 12.6. The molecule has 20 heavy (non-hydrogen) atoms. The van der Waals surface area contributed by atoms with Crippen LogP contribution >= 0.6 is 0 Å². The highest BCUT2D eigenvalue weighted by Crippen LogP contribution is 2.10. The lowest BCUT2D eigenvalue weighted by molar-refractivity contribution is -0.123. The fraction of sp³-hybridized carbons (Fsp3) is 0.600. The van der Waals surface area contributed by atoms with E-state index in [2.05, 4.69) is 10.3 Å². The maximum atomic E-state index is 11.6. The van der Waals surface area contributed by atoms with E-state index in [-0.39, 0.29) is 24.3 Å². The minimum Gasteiger partial charge on any atom is -0.475 e. The third kappa shape index (κ3) is 6.02. The fourth-order valence-corrected chi connectivity index (χ4v) is 1.53. The van der Waals surface area contributed by atoms with Crippen molar-refractivity contribution in [1.29, 1.82) is 0 Å². The van der Waals surface area contributed by atoms with Crippen LogP contribution in [0.15, 0.2) is 18.3 Å². The van der Waals surface area contributed by atoms with Gasteiger partial charge in [0.25, 0.3) is 0 Å². The van der Waals surface area contributed by atoms with Crippen molar-refractivity contribution in [3.8, 4) is 5.88 Å². The molecular formula is C15H24N2O3. The molecule has 0 fully saturated rings. The molecule has 1 aromatic heterocycles. The maximum absolute atomic E-state index is 11.6. The van der Waals surface area contributed by atoms with Crippen LogP contribution in [-0.2, 0) is 11.3 Å². The van der Waals surface area contributed by atoms with Gasteiger partial charge in [0, 0.05) is 18.8 Å². The topological polar surface area (TPSA) is 71.5 Å². The Hall–Kier alpha value is -1.62. The van der Waals surface area contributed by atoms with Gasteiger partial charge in [0.1, 0.15) is 0 Å². The van der Waals surface area contributed by atoms with Crippen molar-refractivity contribution in [2.24, 2.45) is 5.92 Å². The number of hydrogen-bond acceptors (Lipinski definition) is 4. The van der Waals surface area contributed by atoms with Crippen LogP contribution in [0.5, 0.6) is 5.88 Å². The van der Waals surface area contributed by atoms with Gasteiger partial charge in [-0.15, -0.1) is 0 Å². The van der Waals surface area contributed by atoms with Crippen LogP contribution in [0.3, 0.4) is 0 Å². The van der Waals surface area contributed by atoms with Gasteiger partial charge in [-0.1, -0.05) is 19.9 Å². The highest BCUT2D eigenvalue weighted by molar-refractivity contribution is 5.76. The smallest absolute Gasteiger partial charge is 0.222 e. The van der Waals surface area contributed by atoms with Crippen LogP contribution < -0.4 is 10.1 Å². The van der Waals surface area contributed by atoms with Crippen LogP contribution in [0.2, 0.25) is 0 Å². The van der Waals surface area contributed by atoms with E-state index in [9.17, 15) is 9.90 Å². The Morgan fingerprint density at radius 2 is 2.05 bits per heavy atom. The number of ether oxygens (including phenoxy) is 1. The molecular weight excluding hydrogens is 256 g/mol. The number of pyridine rings is 1. The minimum absolute atomic E-state index is 0.0786. The molecule has 1 unspecified atom stereocenters. The minimum atomic E-state index is -0.602. The molecule has 1 aromatic rings. The first kappa shape index (κ1) is 16.4. The first-order valence-electron chi connectivity index (χ1n) is 6.94. The average molecular weight is 280 g/mol. The molecule has 0 radical (unpaired) electrons. The average Bonchev–Trinajstić information content (AvgIpc) is 2.37. The third-order valence-electron chi connectivity index (χ3n) is 2.81. The largest absolute Gasteiger partial charge is 0.475 e. The van der Waals surface area contributed by atoms with Crippen LogP contribution in [0.4, 0.5) is 0 Å². The lowest BCUT2D eigenvalue weighted by Crippen LogP contribution is -2.29. The Morgan fingerprint density at radius 3 is 2.55 bits per heavy atom. The lowest BCUT2D eigenvalue weighted by Gasteiger charge is -2.14. The highest BCUT2D eigenvalue weighted by Gasteiger charge is 2.13. The molecule has 5 nitrogen and oxygen atoms in total.